The SMILES string of the molecule is CC1CN(C(=O)c2ccc(Br)cn2)CC1N.Cl. The van der Waals surface area contributed by atoms with Crippen LogP contribution in [0.1, 0.15) is 17.4 Å². The molecule has 2 rings (SSSR count). The Kier molecular flexibility index (Phi) is 4.91. The molecule has 2 N–H and O–H groups in total. The van der Waals surface area contributed by atoms with Crippen molar-refractivity contribution in [2.75, 3.05) is 13.1 Å². The van der Waals surface area contributed by atoms with E-state index in [2.05, 4.69) is 27.8 Å². The topological polar surface area (TPSA) is 59.2 Å². The zero-order valence-electron chi connectivity index (χ0n) is 9.47. The Hall–Kier alpha value is -0.650. The van der Waals surface area contributed by atoms with E-state index in [1.165, 1.54) is 0 Å². The van der Waals surface area contributed by atoms with Crippen LogP contribution in [0.5, 0.6) is 0 Å². The van der Waals surface area contributed by atoms with Crippen molar-refractivity contribution in [2.45, 2.75) is 13.0 Å². The van der Waals surface area contributed by atoms with Gasteiger partial charge < -0.3 is 10.6 Å². The molecule has 1 aromatic rings. The molecule has 1 aliphatic rings. The molecule has 0 aliphatic carbocycles. The van der Waals surface area contributed by atoms with Gasteiger partial charge in [-0.05, 0) is 34.0 Å². The third kappa shape index (κ3) is 3.18. The maximum absolute atomic E-state index is 12.0. The summed E-state index contributed by atoms with van der Waals surface area (Å²) in [4.78, 5) is 17.9. The van der Waals surface area contributed by atoms with Crippen molar-refractivity contribution >= 4 is 34.2 Å². The van der Waals surface area contributed by atoms with E-state index >= 15 is 0 Å². The minimum Gasteiger partial charge on any atom is -0.335 e. The van der Waals surface area contributed by atoms with Gasteiger partial charge in [-0.1, -0.05) is 6.92 Å². The molecule has 4 nitrogen and oxygen atoms in total. The fourth-order valence-electron chi connectivity index (χ4n) is 1.82. The second-order valence-corrected chi connectivity index (χ2v) is 5.13. The van der Waals surface area contributed by atoms with Crippen LogP contribution in [-0.2, 0) is 0 Å². The number of nitrogens with zero attached hydrogens (tertiary/aromatic N) is 2. The molecular formula is C11H15BrClN3O. The Morgan fingerprint density at radius 2 is 2.24 bits per heavy atom. The molecule has 1 aliphatic heterocycles. The largest absolute Gasteiger partial charge is 0.335 e. The van der Waals surface area contributed by atoms with Crippen LogP contribution in [0.4, 0.5) is 0 Å². The Morgan fingerprint density at radius 3 is 2.71 bits per heavy atom. The fraction of sp³-hybridized carbons (Fsp3) is 0.455. The predicted octanol–water partition coefficient (Wildman–Crippen LogP) is 1.69. The number of carbonyl (C=O) groups excluding carboxylic acids is 1. The Bertz CT molecular complexity index is 388. The molecule has 2 unspecified atom stereocenters. The zero-order chi connectivity index (χ0) is 11.7. The van der Waals surface area contributed by atoms with Gasteiger partial charge in [-0.15, -0.1) is 12.4 Å². The van der Waals surface area contributed by atoms with Crippen LogP contribution in [0, 0.1) is 5.92 Å². The van der Waals surface area contributed by atoms with Crippen molar-refractivity contribution in [2.24, 2.45) is 11.7 Å². The first-order valence-electron chi connectivity index (χ1n) is 5.24. The number of hydrogen-bond donors (Lipinski definition) is 1. The first kappa shape index (κ1) is 14.4. The standard InChI is InChI=1S/C11H14BrN3O.ClH/c1-7-5-15(6-9(7)13)11(16)10-3-2-8(12)4-14-10;/h2-4,7,9H,5-6,13H2,1H3;1H. The third-order valence-corrected chi connectivity index (χ3v) is 3.37. The number of aromatic nitrogens is 1. The molecule has 1 aromatic heterocycles. The van der Waals surface area contributed by atoms with Crippen LogP contribution in [0.15, 0.2) is 22.8 Å². The summed E-state index contributed by atoms with van der Waals surface area (Å²) in [5, 5.41) is 0. The molecule has 1 fully saturated rings. The van der Waals surface area contributed by atoms with Gasteiger partial charge in [0.2, 0.25) is 0 Å². The summed E-state index contributed by atoms with van der Waals surface area (Å²) in [6, 6.07) is 3.63. The number of amides is 1. The highest BCUT2D eigenvalue weighted by molar-refractivity contribution is 9.10. The summed E-state index contributed by atoms with van der Waals surface area (Å²) in [6.07, 6.45) is 1.63. The molecule has 0 aromatic carbocycles. The van der Waals surface area contributed by atoms with Gasteiger partial charge in [0, 0.05) is 29.8 Å². The lowest BCUT2D eigenvalue weighted by Crippen LogP contribution is -2.32. The lowest BCUT2D eigenvalue weighted by Gasteiger charge is -2.14. The van der Waals surface area contributed by atoms with E-state index < -0.39 is 0 Å². The molecule has 0 radical (unpaired) electrons. The second kappa shape index (κ2) is 5.80. The number of rotatable bonds is 1. The van der Waals surface area contributed by atoms with Crippen LogP contribution in [0.3, 0.4) is 0 Å². The van der Waals surface area contributed by atoms with Crippen molar-refractivity contribution < 1.29 is 4.79 Å². The van der Waals surface area contributed by atoms with Gasteiger partial charge in [-0.2, -0.15) is 0 Å². The molecule has 2 atom stereocenters. The van der Waals surface area contributed by atoms with E-state index in [1.54, 1.807) is 17.2 Å². The molecule has 2 heterocycles. The molecule has 0 bridgehead atoms. The van der Waals surface area contributed by atoms with E-state index in [1.807, 2.05) is 6.07 Å². The molecule has 6 heteroatoms. The van der Waals surface area contributed by atoms with Gasteiger partial charge in [0.15, 0.2) is 0 Å². The van der Waals surface area contributed by atoms with Crippen LogP contribution < -0.4 is 5.73 Å². The maximum Gasteiger partial charge on any atom is 0.272 e. The van der Waals surface area contributed by atoms with Crippen LogP contribution in [-0.4, -0.2) is 34.9 Å². The van der Waals surface area contributed by atoms with E-state index in [0.717, 1.165) is 11.0 Å². The van der Waals surface area contributed by atoms with Crippen molar-refractivity contribution in [1.29, 1.82) is 0 Å². The minimum atomic E-state index is -0.0349. The quantitative estimate of drug-likeness (QED) is 0.856. The number of halogens is 2. The van der Waals surface area contributed by atoms with Crippen molar-refractivity contribution in [3.05, 3.63) is 28.5 Å². The third-order valence-electron chi connectivity index (χ3n) is 2.90. The normalized spacial score (nSPS) is 23.4. The van der Waals surface area contributed by atoms with Gasteiger partial charge in [0.05, 0.1) is 0 Å². The van der Waals surface area contributed by atoms with E-state index in [9.17, 15) is 4.79 Å². The van der Waals surface area contributed by atoms with Gasteiger partial charge in [0.1, 0.15) is 5.69 Å². The fourth-order valence-corrected chi connectivity index (χ4v) is 2.06. The smallest absolute Gasteiger partial charge is 0.272 e. The van der Waals surface area contributed by atoms with Crippen LogP contribution >= 0.6 is 28.3 Å². The molecule has 0 spiro atoms. The van der Waals surface area contributed by atoms with E-state index in [4.69, 9.17) is 5.73 Å². The lowest BCUT2D eigenvalue weighted by atomic mass is 10.1. The van der Waals surface area contributed by atoms with Gasteiger partial charge in [-0.3, -0.25) is 4.79 Å². The summed E-state index contributed by atoms with van der Waals surface area (Å²) < 4.78 is 0.871. The molecule has 1 amide bonds. The van der Waals surface area contributed by atoms with Crippen molar-refractivity contribution in [3.63, 3.8) is 0 Å². The Balaban J connectivity index is 0.00000144. The molecule has 17 heavy (non-hydrogen) atoms. The summed E-state index contributed by atoms with van der Waals surface area (Å²) in [5.74, 6) is 0.326. The molecule has 94 valence electrons. The predicted molar refractivity (Wildman–Crippen MR) is 72.2 cm³/mol. The zero-order valence-corrected chi connectivity index (χ0v) is 11.9. The number of nitrogens with two attached hydrogens (primary N) is 1. The molecule has 1 saturated heterocycles. The summed E-state index contributed by atoms with van der Waals surface area (Å²) in [6.45, 7) is 3.41. The Morgan fingerprint density at radius 1 is 1.53 bits per heavy atom. The average molecular weight is 321 g/mol. The number of pyridine rings is 1. The van der Waals surface area contributed by atoms with Crippen molar-refractivity contribution in [1.82, 2.24) is 9.88 Å². The number of likely N-dealkylation sites (tertiary alicyclic amines) is 1. The molecule has 0 saturated carbocycles. The summed E-state index contributed by atoms with van der Waals surface area (Å²) >= 11 is 3.29. The van der Waals surface area contributed by atoms with Crippen LogP contribution in [0.25, 0.3) is 0 Å². The maximum atomic E-state index is 12.0. The van der Waals surface area contributed by atoms with Gasteiger partial charge >= 0.3 is 0 Å². The number of carbonyl (C=O) groups is 1. The van der Waals surface area contributed by atoms with Gasteiger partial charge in [0.25, 0.3) is 5.91 Å². The first-order chi connectivity index (χ1) is 7.58. The first-order valence-corrected chi connectivity index (χ1v) is 6.03. The highest BCUT2D eigenvalue weighted by Gasteiger charge is 2.30. The summed E-state index contributed by atoms with van der Waals surface area (Å²) in [7, 11) is 0. The highest BCUT2D eigenvalue weighted by Crippen LogP contribution is 2.17. The summed E-state index contributed by atoms with van der Waals surface area (Å²) in [5.41, 5.74) is 6.36. The monoisotopic (exact) mass is 319 g/mol. The lowest BCUT2D eigenvalue weighted by molar-refractivity contribution is 0.0781. The average Bonchev–Trinajstić information content (AvgIpc) is 2.59. The Labute approximate surface area is 115 Å². The highest BCUT2D eigenvalue weighted by atomic mass is 79.9. The van der Waals surface area contributed by atoms with Gasteiger partial charge in [-0.25, -0.2) is 4.98 Å². The minimum absolute atomic E-state index is 0. The van der Waals surface area contributed by atoms with Crippen LogP contribution in [0.2, 0.25) is 0 Å². The number of hydrogen-bond acceptors (Lipinski definition) is 3. The second-order valence-electron chi connectivity index (χ2n) is 4.21. The molecular weight excluding hydrogens is 305 g/mol. The van der Waals surface area contributed by atoms with E-state index in [0.29, 0.717) is 18.2 Å². The van der Waals surface area contributed by atoms with E-state index in [-0.39, 0.29) is 24.4 Å². The van der Waals surface area contributed by atoms with Crippen molar-refractivity contribution in [3.8, 4) is 0 Å².